The normalized spacial score (nSPS) is 12.0. The number of H-pyrrole nitrogens is 1. The van der Waals surface area contributed by atoms with E-state index in [1.54, 1.807) is 17.1 Å². The van der Waals surface area contributed by atoms with Gasteiger partial charge in [0.1, 0.15) is 11.4 Å². The molecule has 8 heteroatoms. The van der Waals surface area contributed by atoms with Gasteiger partial charge in [-0.05, 0) is 36.4 Å². The van der Waals surface area contributed by atoms with E-state index in [2.05, 4.69) is 20.9 Å². The number of aromatic amines is 1. The summed E-state index contributed by atoms with van der Waals surface area (Å²) in [7, 11) is 0. The van der Waals surface area contributed by atoms with E-state index in [-0.39, 0.29) is 11.4 Å². The minimum Gasteiger partial charge on any atom is -0.507 e. The zero-order chi connectivity index (χ0) is 15.6. The third kappa shape index (κ3) is 3.94. The first kappa shape index (κ1) is 15.3. The molecule has 0 aliphatic heterocycles. The third-order valence-corrected chi connectivity index (χ3v) is 2.99. The Kier molecular flexibility index (Phi) is 4.17. The van der Waals surface area contributed by atoms with Crippen LogP contribution >= 0.6 is 15.9 Å². The fourth-order valence-electron chi connectivity index (χ4n) is 1.55. The lowest BCUT2D eigenvalue weighted by Gasteiger charge is -2.06. The Morgan fingerprint density at radius 1 is 1.24 bits per heavy atom. The van der Waals surface area contributed by atoms with Gasteiger partial charge in [-0.3, -0.25) is 0 Å². The molecule has 2 rings (SSSR count). The summed E-state index contributed by atoms with van der Waals surface area (Å²) >= 11 is 3.21. The lowest BCUT2D eigenvalue weighted by Crippen LogP contribution is -2.19. The van der Waals surface area contributed by atoms with E-state index in [1.807, 2.05) is 0 Å². The number of phenolic OH excluding ortho intramolecular Hbond substituents is 1. The zero-order valence-corrected chi connectivity index (χ0v) is 11.9. The second-order valence-corrected chi connectivity index (χ2v) is 4.97. The van der Waals surface area contributed by atoms with Crippen LogP contribution in [0, 0.1) is 0 Å². The van der Waals surface area contributed by atoms with Gasteiger partial charge >= 0.3 is 11.9 Å². The first-order valence-electron chi connectivity index (χ1n) is 5.61. The van der Waals surface area contributed by atoms with Crippen LogP contribution in [0.15, 0.2) is 33.5 Å². The van der Waals surface area contributed by atoms with Crippen LogP contribution in [-0.2, 0) is 6.18 Å². The van der Waals surface area contributed by atoms with Crippen LogP contribution in [0.1, 0.15) is 17.0 Å². The molecule has 0 unspecified atom stereocenters. The second kappa shape index (κ2) is 5.72. The monoisotopic (exact) mass is 360 g/mol. The summed E-state index contributed by atoms with van der Waals surface area (Å²) < 4.78 is 38.4. The predicted molar refractivity (Wildman–Crippen MR) is 74.6 cm³/mol. The Morgan fingerprint density at radius 3 is 2.62 bits per heavy atom. The molecule has 0 spiro atoms. The van der Waals surface area contributed by atoms with Gasteiger partial charge in [-0.2, -0.15) is 18.2 Å². The molecule has 0 aliphatic rings. The number of hydrogen-bond donors (Lipinski definition) is 2. The number of alkyl halides is 3. The molecule has 0 amide bonds. The van der Waals surface area contributed by atoms with E-state index in [1.165, 1.54) is 18.2 Å². The van der Waals surface area contributed by atoms with Crippen molar-refractivity contribution >= 4 is 28.1 Å². The number of nitrogens with zero attached hydrogens (tertiary/aromatic N) is 1. The predicted octanol–water partition coefficient (Wildman–Crippen LogP) is 3.43. The molecular weight excluding hydrogens is 353 g/mol. The number of hydrogen-bond acceptors (Lipinski definition) is 3. The van der Waals surface area contributed by atoms with Crippen molar-refractivity contribution in [1.29, 1.82) is 0 Å². The number of aromatic hydroxyl groups is 1. The lowest BCUT2D eigenvalue weighted by atomic mass is 10.1. The zero-order valence-electron chi connectivity index (χ0n) is 10.3. The number of benzene rings is 1. The van der Waals surface area contributed by atoms with Crippen LogP contribution in [0.25, 0.3) is 12.2 Å². The number of rotatable bonds is 2. The van der Waals surface area contributed by atoms with E-state index in [0.717, 1.165) is 0 Å². The van der Waals surface area contributed by atoms with Crippen LogP contribution in [0.3, 0.4) is 0 Å². The molecule has 1 aromatic heterocycles. The van der Waals surface area contributed by atoms with Gasteiger partial charge in [0.05, 0.1) is 5.69 Å². The molecule has 21 heavy (non-hydrogen) atoms. The van der Waals surface area contributed by atoms with Crippen molar-refractivity contribution in [3.63, 3.8) is 0 Å². The maximum atomic E-state index is 12.6. The molecule has 1 heterocycles. The standard InChI is InChI=1S/C13H8BrF3N2O2/c14-8-2-4-10(20)7(5-8)1-3-9-6-11(13(15,16)17)19-12(21)18-9/h1-6,20H,(H,18,19,21). The van der Waals surface area contributed by atoms with Gasteiger partial charge in [-0.15, -0.1) is 0 Å². The average Bonchev–Trinajstić information content (AvgIpc) is 2.38. The van der Waals surface area contributed by atoms with Crippen LogP contribution < -0.4 is 5.69 Å². The van der Waals surface area contributed by atoms with Gasteiger partial charge in [0.25, 0.3) is 0 Å². The summed E-state index contributed by atoms with van der Waals surface area (Å²) in [6, 6.07) is 5.33. The molecule has 0 fully saturated rings. The highest BCUT2D eigenvalue weighted by molar-refractivity contribution is 9.10. The highest BCUT2D eigenvalue weighted by Gasteiger charge is 2.32. The first-order valence-corrected chi connectivity index (χ1v) is 6.40. The van der Waals surface area contributed by atoms with Crippen LogP contribution in [0.5, 0.6) is 5.75 Å². The van der Waals surface area contributed by atoms with E-state index in [4.69, 9.17) is 0 Å². The largest absolute Gasteiger partial charge is 0.507 e. The highest BCUT2D eigenvalue weighted by Crippen LogP contribution is 2.27. The van der Waals surface area contributed by atoms with Crippen molar-refractivity contribution in [2.45, 2.75) is 6.18 Å². The Morgan fingerprint density at radius 2 is 1.95 bits per heavy atom. The Hall–Kier alpha value is -2.09. The van der Waals surface area contributed by atoms with E-state index < -0.39 is 17.6 Å². The molecule has 2 N–H and O–H groups in total. The van der Waals surface area contributed by atoms with Crippen molar-refractivity contribution in [1.82, 2.24) is 9.97 Å². The number of halogens is 4. The van der Waals surface area contributed by atoms with Crippen LogP contribution in [-0.4, -0.2) is 15.1 Å². The maximum absolute atomic E-state index is 12.6. The minimum atomic E-state index is -4.66. The van der Waals surface area contributed by atoms with Crippen molar-refractivity contribution < 1.29 is 18.3 Å². The van der Waals surface area contributed by atoms with Crippen molar-refractivity contribution in [3.8, 4) is 5.75 Å². The summed E-state index contributed by atoms with van der Waals surface area (Å²) in [5.74, 6) is -0.0460. The van der Waals surface area contributed by atoms with Gasteiger partial charge in [0.15, 0.2) is 0 Å². The molecule has 0 radical (unpaired) electrons. The van der Waals surface area contributed by atoms with Crippen LogP contribution in [0.4, 0.5) is 13.2 Å². The summed E-state index contributed by atoms with van der Waals surface area (Å²) in [6.45, 7) is 0. The summed E-state index contributed by atoms with van der Waals surface area (Å²) in [5, 5.41) is 9.61. The third-order valence-electron chi connectivity index (χ3n) is 2.49. The molecule has 0 saturated carbocycles. The Bertz CT molecular complexity index is 754. The molecule has 1 aromatic carbocycles. The van der Waals surface area contributed by atoms with Gasteiger partial charge < -0.3 is 10.1 Å². The summed E-state index contributed by atoms with van der Waals surface area (Å²) in [6.07, 6.45) is -2.09. The molecule has 110 valence electrons. The number of aromatic nitrogens is 2. The Labute approximate surface area is 125 Å². The van der Waals surface area contributed by atoms with Crippen molar-refractivity contribution in [2.75, 3.05) is 0 Å². The van der Waals surface area contributed by atoms with Crippen LogP contribution in [0.2, 0.25) is 0 Å². The van der Waals surface area contributed by atoms with E-state index in [9.17, 15) is 23.1 Å². The van der Waals surface area contributed by atoms with E-state index >= 15 is 0 Å². The number of nitrogens with one attached hydrogen (secondary N) is 1. The lowest BCUT2D eigenvalue weighted by molar-refractivity contribution is -0.141. The van der Waals surface area contributed by atoms with E-state index in [0.29, 0.717) is 16.1 Å². The molecule has 4 nitrogen and oxygen atoms in total. The Balaban J connectivity index is 2.40. The molecule has 0 saturated heterocycles. The quantitative estimate of drug-likeness (QED) is 0.862. The molecule has 0 atom stereocenters. The van der Waals surface area contributed by atoms with Gasteiger partial charge in [-0.1, -0.05) is 15.9 Å². The van der Waals surface area contributed by atoms with Gasteiger partial charge in [0.2, 0.25) is 0 Å². The fourth-order valence-corrected chi connectivity index (χ4v) is 1.93. The fraction of sp³-hybridized carbons (Fsp3) is 0.0769. The summed E-state index contributed by atoms with van der Waals surface area (Å²) in [5.41, 5.74) is -2.06. The van der Waals surface area contributed by atoms with Crippen molar-refractivity contribution in [3.05, 3.63) is 56.2 Å². The maximum Gasteiger partial charge on any atom is 0.431 e. The van der Waals surface area contributed by atoms with Gasteiger partial charge in [0, 0.05) is 10.0 Å². The van der Waals surface area contributed by atoms with Gasteiger partial charge in [-0.25, -0.2) is 4.79 Å². The molecule has 0 aliphatic carbocycles. The SMILES string of the molecule is O=c1nc(C=Cc2cc(Br)ccc2O)cc(C(F)(F)F)[nH]1. The average molecular weight is 361 g/mol. The molecular formula is C13H8BrF3N2O2. The summed E-state index contributed by atoms with van der Waals surface area (Å²) in [4.78, 5) is 16.2. The molecule has 2 aromatic rings. The second-order valence-electron chi connectivity index (χ2n) is 4.06. The topological polar surface area (TPSA) is 66.0 Å². The first-order chi connectivity index (χ1) is 9.75. The minimum absolute atomic E-state index is 0.0460. The molecule has 0 bridgehead atoms. The smallest absolute Gasteiger partial charge is 0.431 e. The van der Waals surface area contributed by atoms with Crippen molar-refractivity contribution in [2.24, 2.45) is 0 Å². The number of phenols is 1. The highest BCUT2D eigenvalue weighted by atomic mass is 79.9.